The first-order chi connectivity index (χ1) is 21.4. The fourth-order valence-electron chi connectivity index (χ4n) is 4.01. The predicted molar refractivity (Wildman–Crippen MR) is 172 cm³/mol. The average molecular weight is 777 g/mol. The number of aromatic nitrogens is 2. The Labute approximate surface area is 279 Å². The van der Waals surface area contributed by atoms with Crippen molar-refractivity contribution in [1.82, 2.24) is 19.6 Å². The van der Waals surface area contributed by atoms with Crippen LogP contribution in [-0.4, -0.2) is 91.4 Å². The summed E-state index contributed by atoms with van der Waals surface area (Å²) in [6.07, 6.45) is -0.784. The van der Waals surface area contributed by atoms with E-state index < -0.39 is 59.9 Å². The number of oxime groups is 1. The van der Waals surface area contributed by atoms with E-state index in [1.807, 2.05) is 0 Å². The first-order valence-electron chi connectivity index (χ1n) is 13.4. The molecule has 1 fully saturated rings. The smallest absolute Gasteiger partial charge is 0.414 e. The number of β-lactam (4-membered cyclic amide) rings is 1. The van der Waals surface area contributed by atoms with Gasteiger partial charge in [-0.3, -0.25) is 19.8 Å². The lowest BCUT2D eigenvalue weighted by molar-refractivity contribution is -0.153. The first-order valence-corrected chi connectivity index (χ1v) is 16.7. The highest BCUT2D eigenvalue weighted by Crippen LogP contribution is 2.41. The largest absolute Gasteiger partial charge is 0.497 e. The Morgan fingerprint density at radius 2 is 1.96 bits per heavy atom. The minimum absolute atomic E-state index is 0.00762. The lowest BCUT2D eigenvalue weighted by atomic mass is 10.0. The van der Waals surface area contributed by atoms with Gasteiger partial charge in [-0.25, -0.2) is 14.0 Å². The molecule has 1 aromatic carbocycles. The SMILES string of the molecule is COc1ccc(COC(=O)C2=C(CI)CSC3C(NC(=O)C(=NOCCF)c4nsc(NC(=O)OC(C)(C)C)n4)C(=O)N23)cc1. The number of amides is 3. The normalized spacial score (nSPS) is 18.0. The molecule has 242 valence electrons. The molecule has 2 aliphatic heterocycles. The van der Waals surface area contributed by atoms with Gasteiger partial charge in [0.2, 0.25) is 16.7 Å². The molecular formula is C27H30FIN6O8S2. The van der Waals surface area contributed by atoms with E-state index in [0.29, 0.717) is 15.9 Å². The van der Waals surface area contributed by atoms with E-state index in [-0.39, 0.29) is 23.3 Å². The quantitative estimate of drug-likeness (QED) is 0.0616. The van der Waals surface area contributed by atoms with Gasteiger partial charge in [0.1, 0.15) is 48.4 Å². The molecule has 0 spiro atoms. The van der Waals surface area contributed by atoms with Crippen LogP contribution in [0.2, 0.25) is 0 Å². The predicted octanol–water partition coefficient (Wildman–Crippen LogP) is 3.42. The summed E-state index contributed by atoms with van der Waals surface area (Å²) in [5, 5.41) is 8.11. The van der Waals surface area contributed by atoms with Gasteiger partial charge in [0, 0.05) is 21.7 Å². The first kappa shape index (κ1) is 34.4. The number of thioether (sulfide) groups is 1. The summed E-state index contributed by atoms with van der Waals surface area (Å²) >= 11 is 4.25. The number of benzene rings is 1. The average Bonchev–Trinajstić information content (AvgIpc) is 3.46. The Morgan fingerprint density at radius 1 is 1.22 bits per heavy atom. The maximum Gasteiger partial charge on any atom is 0.414 e. The second-order valence-corrected chi connectivity index (χ2v) is 13.0. The summed E-state index contributed by atoms with van der Waals surface area (Å²) in [6.45, 7) is 3.75. The Hall–Kier alpha value is -3.52. The maximum atomic E-state index is 13.3. The number of esters is 1. The van der Waals surface area contributed by atoms with Gasteiger partial charge < -0.3 is 24.4 Å². The van der Waals surface area contributed by atoms with E-state index in [2.05, 4.69) is 47.7 Å². The number of nitrogens with zero attached hydrogens (tertiary/aromatic N) is 4. The lowest BCUT2D eigenvalue weighted by Crippen LogP contribution is -2.71. The van der Waals surface area contributed by atoms with E-state index in [0.717, 1.165) is 22.7 Å². The molecule has 2 aromatic rings. The number of rotatable bonds is 12. The minimum atomic E-state index is -1.02. The van der Waals surface area contributed by atoms with Gasteiger partial charge >= 0.3 is 12.1 Å². The third-order valence-corrected chi connectivity index (χ3v) is 8.89. The summed E-state index contributed by atoms with van der Waals surface area (Å²) in [5.74, 6) is -1.18. The van der Waals surface area contributed by atoms with Crippen molar-refractivity contribution in [1.29, 1.82) is 0 Å². The number of methoxy groups -OCH3 is 1. The van der Waals surface area contributed by atoms with Crippen LogP contribution in [0, 0.1) is 0 Å². The number of ether oxygens (including phenoxy) is 3. The highest BCUT2D eigenvalue weighted by molar-refractivity contribution is 14.1. The second kappa shape index (κ2) is 15.2. The monoisotopic (exact) mass is 776 g/mol. The lowest BCUT2D eigenvalue weighted by Gasteiger charge is -2.49. The van der Waals surface area contributed by atoms with Crippen molar-refractivity contribution in [3.63, 3.8) is 0 Å². The van der Waals surface area contributed by atoms with Crippen LogP contribution in [-0.2, 0) is 35.3 Å². The molecule has 2 unspecified atom stereocenters. The fourth-order valence-corrected chi connectivity index (χ4v) is 6.91. The molecule has 3 heterocycles. The third kappa shape index (κ3) is 8.60. The number of fused-ring (bicyclic) bond motifs is 1. The van der Waals surface area contributed by atoms with Crippen LogP contribution in [0.1, 0.15) is 32.2 Å². The van der Waals surface area contributed by atoms with Gasteiger partial charge in [0.25, 0.3) is 11.8 Å². The Bertz CT molecular complexity index is 1500. The molecule has 3 amide bonds. The van der Waals surface area contributed by atoms with Crippen molar-refractivity contribution in [2.45, 2.75) is 44.4 Å². The summed E-state index contributed by atoms with van der Waals surface area (Å²) < 4.78 is 33.1. The number of carbonyl (C=O) groups is 4. The van der Waals surface area contributed by atoms with Gasteiger partial charge in [-0.15, -0.1) is 11.8 Å². The Balaban J connectivity index is 1.45. The molecule has 2 aliphatic rings. The van der Waals surface area contributed by atoms with Gasteiger partial charge in [0.05, 0.1) is 7.11 Å². The molecule has 1 aromatic heterocycles. The van der Waals surface area contributed by atoms with E-state index in [1.54, 1.807) is 52.1 Å². The van der Waals surface area contributed by atoms with Crippen molar-refractivity contribution in [3.05, 3.63) is 46.9 Å². The summed E-state index contributed by atoms with van der Waals surface area (Å²) in [6, 6.07) is 6.01. The number of hydrogen-bond acceptors (Lipinski definition) is 13. The zero-order valence-electron chi connectivity index (χ0n) is 24.6. The standard InChI is InChI=1S/C27H30FIN6O8S2/c1-27(2,3)43-26(39)32-25-31-20(34-45-25)17(33-42-10-9-28)21(36)30-18-22(37)35-19(15(11-29)13-44-23(18)35)24(38)41-12-14-5-7-16(40-4)8-6-14/h5-8,18,23H,9-13H2,1-4H3,(H,30,36)(H,31,32,34,39). The van der Waals surface area contributed by atoms with Crippen molar-refractivity contribution in [2.24, 2.45) is 5.16 Å². The number of hydrogen-bond donors (Lipinski definition) is 2. The summed E-state index contributed by atoms with van der Waals surface area (Å²) in [4.78, 5) is 62.3. The van der Waals surface area contributed by atoms with Crippen LogP contribution in [0.25, 0.3) is 0 Å². The van der Waals surface area contributed by atoms with Crippen LogP contribution < -0.4 is 15.4 Å². The molecule has 0 aliphatic carbocycles. The molecule has 4 rings (SSSR count). The van der Waals surface area contributed by atoms with Gasteiger partial charge in [-0.05, 0) is 44.0 Å². The molecule has 0 bridgehead atoms. The molecule has 18 heteroatoms. The van der Waals surface area contributed by atoms with Crippen molar-refractivity contribution in [3.8, 4) is 5.75 Å². The van der Waals surface area contributed by atoms with Crippen LogP contribution in [0.4, 0.5) is 14.3 Å². The number of anilines is 1. The molecule has 0 radical (unpaired) electrons. The van der Waals surface area contributed by atoms with Crippen molar-refractivity contribution < 1.29 is 42.6 Å². The maximum absolute atomic E-state index is 13.3. The summed E-state index contributed by atoms with van der Waals surface area (Å²) in [5.41, 5.74) is 0.422. The molecule has 2 atom stereocenters. The zero-order chi connectivity index (χ0) is 32.7. The second-order valence-electron chi connectivity index (χ2n) is 10.4. The molecule has 1 saturated heterocycles. The van der Waals surface area contributed by atoms with Crippen LogP contribution in [0.5, 0.6) is 5.75 Å². The summed E-state index contributed by atoms with van der Waals surface area (Å²) in [7, 11) is 1.55. The van der Waals surface area contributed by atoms with Gasteiger partial charge in [0.15, 0.2) is 0 Å². The van der Waals surface area contributed by atoms with Crippen LogP contribution in [0.15, 0.2) is 40.7 Å². The molecule has 2 N–H and O–H groups in total. The number of halogens is 2. The van der Waals surface area contributed by atoms with E-state index >= 15 is 0 Å². The Morgan fingerprint density at radius 3 is 2.60 bits per heavy atom. The van der Waals surface area contributed by atoms with E-state index in [9.17, 15) is 23.6 Å². The minimum Gasteiger partial charge on any atom is -0.497 e. The topological polar surface area (TPSA) is 171 Å². The van der Waals surface area contributed by atoms with Crippen LogP contribution >= 0.6 is 45.9 Å². The molecule has 0 saturated carbocycles. The zero-order valence-corrected chi connectivity index (χ0v) is 28.4. The van der Waals surface area contributed by atoms with Gasteiger partial charge in [-0.1, -0.05) is 39.9 Å². The highest BCUT2D eigenvalue weighted by atomic mass is 127. The van der Waals surface area contributed by atoms with Gasteiger partial charge in [-0.2, -0.15) is 9.36 Å². The number of alkyl halides is 2. The highest BCUT2D eigenvalue weighted by Gasteiger charge is 2.54. The van der Waals surface area contributed by atoms with Crippen molar-refractivity contribution in [2.75, 3.05) is 35.9 Å². The molecule has 45 heavy (non-hydrogen) atoms. The molecular weight excluding hydrogens is 746 g/mol. The Kier molecular flexibility index (Phi) is 11.6. The number of nitrogens with one attached hydrogen (secondary N) is 2. The van der Waals surface area contributed by atoms with E-state index in [4.69, 9.17) is 19.0 Å². The fraction of sp³-hybridized carbons (Fsp3) is 0.444. The van der Waals surface area contributed by atoms with Crippen molar-refractivity contribution >= 4 is 80.6 Å². The van der Waals surface area contributed by atoms with E-state index in [1.165, 1.54) is 16.7 Å². The number of carbonyl (C=O) groups excluding carboxylic acids is 4. The van der Waals surface area contributed by atoms with Crippen LogP contribution in [0.3, 0.4) is 0 Å². The molecule has 14 nitrogen and oxygen atoms in total. The third-order valence-electron chi connectivity index (χ3n) is 6.00.